The minimum Gasteiger partial charge on any atom is -0.440 e. The third-order valence-electron chi connectivity index (χ3n) is 4.16. The molecular formula is C20H17N3O3. The van der Waals surface area contributed by atoms with E-state index in [1.54, 1.807) is 36.4 Å². The molecule has 0 bridgehead atoms. The SMILES string of the molecule is CC(C)c1nc2cc(NC(=O)c3cccc4ccc(=O)[nH]c34)ccc2o1. The van der Waals surface area contributed by atoms with Gasteiger partial charge in [0.1, 0.15) is 5.52 Å². The summed E-state index contributed by atoms with van der Waals surface area (Å²) in [4.78, 5) is 31.5. The van der Waals surface area contributed by atoms with Crippen LogP contribution in [0.15, 0.2) is 57.7 Å². The van der Waals surface area contributed by atoms with Gasteiger partial charge in [0.15, 0.2) is 11.5 Å². The van der Waals surface area contributed by atoms with E-state index in [0.29, 0.717) is 33.8 Å². The number of aromatic nitrogens is 2. The van der Waals surface area contributed by atoms with Gasteiger partial charge in [0.25, 0.3) is 5.91 Å². The van der Waals surface area contributed by atoms with Crippen LogP contribution in [0.2, 0.25) is 0 Å². The maximum absolute atomic E-state index is 12.7. The molecule has 0 aliphatic rings. The van der Waals surface area contributed by atoms with Gasteiger partial charge in [-0.2, -0.15) is 0 Å². The molecule has 0 aliphatic carbocycles. The van der Waals surface area contributed by atoms with Gasteiger partial charge in [-0.3, -0.25) is 9.59 Å². The zero-order chi connectivity index (χ0) is 18.3. The molecule has 2 aromatic carbocycles. The summed E-state index contributed by atoms with van der Waals surface area (Å²) in [7, 11) is 0. The van der Waals surface area contributed by atoms with Crippen molar-refractivity contribution in [3.8, 4) is 0 Å². The third kappa shape index (κ3) is 2.86. The van der Waals surface area contributed by atoms with Crippen molar-refractivity contribution in [1.29, 1.82) is 0 Å². The van der Waals surface area contributed by atoms with E-state index in [1.807, 2.05) is 19.9 Å². The number of nitrogens with zero attached hydrogens (tertiary/aromatic N) is 1. The fourth-order valence-electron chi connectivity index (χ4n) is 2.84. The van der Waals surface area contributed by atoms with Gasteiger partial charge in [0.05, 0.1) is 11.1 Å². The lowest BCUT2D eigenvalue weighted by Gasteiger charge is -2.07. The number of anilines is 1. The first-order valence-corrected chi connectivity index (χ1v) is 8.35. The highest BCUT2D eigenvalue weighted by atomic mass is 16.3. The van der Waals surface area contributed by atoms with E-state index in [4.69, 9.17) is 4.42 Å². The number of para-hydroxylation sites is 1. The Bertz CT molecular complexity index is 1190. The van der Waals surface area contributed by atoms with Gasteiger partial charge in [0, 0.05) is 17.7 Å². The average Bonchev–Trinajstić information content (AvgIpc) is 3.04. The summed E-state index contributed by atoms with van der Waals surface area (Å²) >= 11 is 0. The summed E-state index contributed by atoms with van der Waals surface area (Å²) in [5, 5.41) is 3.65. The number of hydrogen-bond donors (Lipinski definition) is 2. The largest absolute Gasteiger partial charge is 0.440 e. The summed E-state index contributed by atoms with van der Waals surface area (Å²) < 4.78 is 5.68. The number of H-pyrrole nitrogens is 1. The minimum absolute atomic E-state index is 0.188. The lowest BCUT2D eigenvalue weighted by molar-refractivity contribution is 0.102. The van der Waals surface area contributed by atoms with Crippen LogP contribution in [0.5, 0.6) is 0 Å². The van der Waals surface area contributed by atoms with Crippen LogP contribution >= 0.6 is 0 Å². The lowest BCUT2D eigenvalue weighted by Crippen LogP contribution is -2.14. The van der Waals surface area contributed by atoms with E-state index in [2.05, 4.69) is 15.3 Å². The highest BCUT2D eigenvalue weighted by Crippen LogP contribution is 2.24. The van der Waals surface area contributed by atoms with E-state index in [-0.39, 0.29) is 17.4 Å². The van der Waals surface area contributed by atoms with E-state index < -0.39 is 0 Å². The molecule has 6 nitrogen and oxygen atoms in total. The molecular weight excluding hydrogens is 330 g/mol. The lowest BCUT2D eigenvalue weighted by atomic mass is 10.1. The molecule has 0 radical (unpaired) electrons. The molecule has 2 heterocycles. The topological polar surface area (TPSA) is 88.0 Å². The molecule has 0 unspecified atom stereocenters. The van der Waals surface area contributed by atoms with Gasteiger partial charge in [-0.05, 0) is 35.7 Å². The molecule has 0 aliphatic heterocycles. The Balaban J connectivity index is 1.69. The molecule has 130 valence electrons. The second-order valence-corrected chi connectivity index (χ2v) is 6.44. The number of aromatic amines is 1. The van der Waals surface area contributed by atoms with Crippen LogP contribution in [0.3, 0.4) is 0 Å². The number of rotatable bonds is 3. The molecule has 4 aromatic rings. The quantitative estimate of drug-likeness (QED) is 0.585. The molecule has 0 fully saturated rings. The zero-order valence-corrected chi connectivity index (χ0v) is 14.4. The molecule has 2 aromatic heterocycles. The van der Waals surface area contributed by atoms with Crippen molar-refractivity contribution < 1.29 is 9.21 Å². The number of amides is 1. The predicted octanol–water partition coefficient (Wildman–Crippen LogP) is 4.05. The predicted molar refractivity (Wildman–Crippen MR) is 101 cm³/mol. The molecule has 0 saturated heterocycles. The van der Waals surface area contributed by atoms with Gasteiger partial charge < -0.3 is 14.7 Å². The number of carbonyl (C=O) groups is 1. The van der Waals surface area contributed by atoms with Crippen molar-refractivity contribution in [1.82, 2.24) is 9.97 Å². The van der Waals surface area contributed by atoms with Crippen molar-refractivity contribution in [2.24, 2.45) is 0 Å². The van der Waals surface area contributed by atoms with Crippen LogP contribution in [0.25, 0.3) is 22.0 Å². The number of oxazole rings is 1. The number of hydrogen-bond acceptors (Lipinski definition) is 4. The van der Waals surface area contributed by atoms with E-state index in [0.717, 1.165) is 5.39 Å². The Hall–Kier alpha value is -3.41. The van der Waals surface area contributed by atoms with Crippen molar-refractivity contribution in [2.45, 2.75) is 19.8 Å². The van der Waals surface area contributed by atoms with Gasteiger partial charge >= 0.3 is 0 Å². The van der Waals surface area contributed by atoms with Crippen molar-refractivity contribution in [3.05, 3.63) is 70.3 Å². The summed E-state index contributed by atoms with van der Waals surface area (Å²) in [6.45, 7) is 4.02. The monoisotopic (exact) mass is 347 g/mol. The summed E-state index contributed by atoms with van der Waals surface area (Å²) in [5.74, 6) is 0.549. The Morgan fingerprint density at radius 3 is 2.81 bits per heavy atom. The third-order valence-corrected chi connectivity index (χ3v) is 4.16. The van der Waals surface area contributed by atoms with Crippen LogP contribution in [0, 0.1) is 0 Å². The van der Waals surface area contributed by atoms with Crippen LogP contribution in [-0.2, 0) is 0 Å². The number of carbonyl (C=O) groups excluding carboxylic acids is 1. The molecule has 26 heavy (non-hydrogen) atoms. The Morgan fingerprint density at radius 1 is 1.15 bits per heavy atom. The van der Waals surface area contributed by atoms with Crippen molar-refractivity contribution >= 4 is 33.6 Å². The Morgan fingerprint density at radius 2 is 2.00 bits per heavy atom. The fraction of sp³-hybridized carbons (Fsp3) is 0.150. The van der Waals surface area contributed by atoms with Crippen LogP contribution in [0.4, 0.5) is 5.69 Å². The second kappa shape index (κ2) is 6.15. The van der Waals surface area contributed by atoms with Crippen molar-refractivity contribution in [3.63, 3.8) is 0 Å². The number of fused-ring (bicyclic) bond motifs is 2. The van der Waals surface area contributed by atoms with Gasteiger partial charge in [-0.15, -0.1) is 0 Å². The first-order valence-electron chi connectivity index (χ1n) is 8.35. The summed E-state index contributed by atoms with van der Waals surface area (Å²) in [6.07, 6.45) is 0. The second-order valence-electron chi connectivity index (χ2n) is 6.44. The highest BCUT2D eigenvalue weighted by Gasteiger charge is 2.13. The van der Waals surface area contributed by atoms with E-state index in [1.165, 1.54) is 6.07 Å². The van der Waals surface area contributed by atoms with Gasteiger partial charge in [-0.1, -0.05) is 26.0 Å². The van der Waals surface area contributed by atoms with Crippen LogP contribution in [-0.4, -0.2) is 15.9 Å². The minimum atomic E-state index is -0.302. The average molecular weight is 347 g/mol. The van der Waals surface area contributed by atoms with Gasteiger partial charge in [-0.25, -0.2) is 4.98 Å². The summed E-state index contributed by atoms with van der Waals surface area (Å²) in [5.41, 5.74) is 2.66. The number of nitrogens with one attached hydrogen (secondary N) is 2. The van der Waals surface area contributed by atoms with E-state index in [9.17, 15) is 9.59 Å². The molecule has 2 N–H and O–H groups in total. The van der Waals surface area contributed by atoms with Crippen molar-refractivity contribution in [2.75, 3.05) is 5.32 Å². The van der Waals surface area contributed by atoms with Gasteiger partial charge in [0.2, 0.25) is 5.56 Å². The molecule has 0 atom stereocenters. The number of pyridine rings is 1. The maximum Gasteiger partial charge on any atom is 0.257 e. The van der Waals surface area contributed by atoms with Crippen LogP contribution < -0.4 is 10.9 Å². The normalized spacial score (nSPS) is 11.3. The van der Waals surface area contributed by atoms with E-state index >= 15 is 0 Å². The highest BCUT2D eigenvalue weighted by molar-refractivity contribution is 6.12. The first-order chi connectivity index (χ1) is 12.5. The fourth-order valence-corrected chi connectivity index (χ4v) is 2.84. The zero-order valence-electron chi connectivity index (χ0n) is 14.4. The Kier molecular flexibility index (Phi) is 3.80. The van der Waals surface area contributed by atoms with Crippen LogP contribution in [0.1, 0.15) is 36.0 Å². The standard InChI is InChI=1S/C20H17N3O3/c1-11(2)20-22-15-10-13(7-8-16(15)26-20)21-19(25)14-5-3-4-12-6-9-17(24)23-18(12)14/h3-11H,1-2H3,(H,21,25)(H,23,24). The number of benzene rings is 2. The molecule has 0 spiro atoms. The maximum atomic E-state index is 12.7. The molecule has 6 heteroatoms. The molecule has 0 saturated carbocycles. The molecule has 1 amide bonds. The smallest absolute Gasteiger partial charge is 0.257 e. The first kappa shape index (κ1) is 16.1. The molecule has 4 rings (SSSR count). The Labute approximate surface area is 148 Å². The summed E-state index contributed by atoms with van der Waals surface area (Å²) in [6, 6.07) is 13.8.